The van der Waals surface area contributed by atoms with Crippen molar-refractivity contribution in [2.24, 2.45) is 0 Å². The molecule has 0 N–H and O–H groups in total. The van der Waals surface area contributed by atoms with Gasteiger partial charge >= 0.3 is 0 Å². The van der Waals surface area contributed by atoms with E-state index in [-0.39, 0.29) is 5.78 Å². The maximum Gasteiger partial charge on any atom is 0.229 e. The van der Waals surface area contributed by atoms with E-state index in [4.69, 9.17) is 9.15 Å². The number of benzene rings is 1. The van der Waals surface area contributed by atoms with Crippen molar-refractivity contribution in [1.82, 2.24) is 0 Å². The van der Waals surface area contributed by atoms with Crippen LogP contribution in [0.2, 0.25) is 0 Å². The fourth-order valence-corrected chi connectivity index (χ4v) is 1.92. The van der Waals surface area contributed by atoms with Gasteiger partial charge in [0.2, 0.25) is 5.78 Å². The molecule has 0 saturated carbocycles. The summed E-state index contributed by atoms with van der Waals surface area (Å²) >= 11 is 3.28. The Hall–Kier alpha value is -1.55. The third-order valence-corrected chi connectivity index (χ3v) is 3.02. The fraction of sp³-hybridized carbons (Fsp3) is 0.214. The molecule has 0 saturated heterocycles. The highest BCUT2D eigenvalue weighted by Gasteiger charge is 2.16. The predicted octanol–water partition coefficient (Wildman–Crippen LogP) is 4.06. The lowest BCUT2D eigenvalue weighted by atomic mass is 10.1. The van der Waals surface area contributed by atoms with Gasteiger partial charge in [0.25, 0.3) is 0 Å². The molecule has 0 bridgehead atoms. The van der Waals surface area contributed by atoms with Gasteiger partial charge in [-0.3, -0.25) is 4.79 Å². The summed E-state index contributed by atoms with van der Waals surface area (Å²) in [5.74, 6) is 0.849. The van der Waals surface area contributed by atoms with Gasteiger partial charge in [0.05, 0.1) is 17.3 Å². The van der Waals surface area contributed by atoms with Crippen molar-refractivity contribution in [2.75, 3.05) is 6.61 Å². The predicted molar refractivity (Wildman–Crippen MR) is 72.1 cm³/mol. The Balaban J connectivity index is 2.23. The monoisotopic (exact) mass is 308 g/mol. The lowest BCUT2D eigenvalue weighted by Gasteiger charge is -2.05. The van der Waals surface area contributed by atoms with Gasteiger partial charge in [0, 0.05) is 5.56 Å². The van der Waals surface area contributed by atoms with Crippen molar-refractivity contribution < 1.29 is 13.9 Å². The lowest BCUT2D eigenvalue weighted by Crippen LogP contribution is -2.02. The number of hydrogen-bond acceptors (Lipinski definition) is 3. The third kappa shape index (κ3) is 2.82. The Morgan fingerprint density at radius 1 is 1.39 bits per heavy atom. The summed E-state index contributed by atoms with van der Waals surface area (Å²) in [6.45, 7) is 2.68. The highest BCUT2D eigenvalue weighted by molar-refractivity contribution is 9.10. The Bertz CT molecular complexity index is 545. The molecule has 0 aliphatic heterocycles. The zero-order chi connectivity index (χ0) is 13.0. The van der Waals surface area contributed by atoms with E-state index in [0.29, 0.717) is 28.2 Å². The van der Waals surface area contributed by atoms with Crippen molar-refractivity contribution in [3.05, 3.63) is 52.4 Å². The SMILES string of the molecule is CCCOc1cccc(C(=O)c2occc2Br)c1. The van der Waals surface area contributed by atoms with Gasteiger partial charge in [0.1, 0.15) is 5.75 Å². The molecule has 18 heavy (non-hydrogen) atoms. The molecule has 0 radical (unpaired) electrons. The summed E-state index contributed by atoms with van der Waals surface area (Å²) in [6.07, 6.45) is 2.41. The summed E-state index contributed by atoms with van der Waals surface area (Å²) in [7, 11) is 0. The van der Waals surface area contributed by atoms with Gasteiger partial charge < -0.3 is 9.15 Å². The van der Waals surface area contributed by atoms with Crippen LogP contribution < -0.4 is 4.74 Å². The maximum absolute atomic E-state index is 12.2. The van der Waals surface area contributed by atoms with Crippen molar-refractivity contribution in [1.29, 1.82) is 0 Å². The molecular formula is C14H13BrO3. The summed E-state index contributed by atoms with van der Waals surface area (Å²) < 4.78 is 11.3. The second-order valence-corrected chi connectivity index (χ2v) is 4.66. The summed E-state index contributed by atoms with van der Waals surface area (Å²) in [6, 6.07) is 8.81. The number of ketones is 1. The normalized spacial score (nSPS) is 10.3. The minimum absolute atomic E-state index is 0.158. The number of hydrogen-bond donors (Lipinski definition) is 0. The first-order valence-corrected chi connectivity index (χ1v) is 6.52. The molecule has 2 aromatic rings. The maximum atomic E-state index is 12.2. The topological polar surface area (TPSA) is 39.4 Å². The van der Waals surface area contributed by atoms with Gasteiger partial charge in [-0.2, -0.15) is 0 Å². The second kappa shape index (κ2) is 5.87. The highest BCUT2D eigenvalue weighted by atomic mass is 79.9. The standard InChI is InChI=1S/C14H13BrO3/c1-2-7-17-11-5-3-4-10(9-11)13(16)14-12(15)6-8-18-14/h3-6,8-9H,2,7H2,1H3. The van der Waals surface area contributed by atoms with Crippen LogP contribution in [-0.2, 0) is 0 Å². The molecule has 3 nitrogen and oxygen atoms in total. The molecule has 0 amide bonds. The molecular weight excluding hydrogens is 296 g/mol. The summed E-state index contributed by atoms with van der Waals surface area (Å²) in [4.78, 5) is 12.2. The Morgan fingerprint density at radius 2 is 2.22 bits per heavy atom. The molecule has 4 heteroatoms. The van der Waals surface area contributed by atoms with Crippen LogP contribution in [0.4, 0.5) is 0 Å². The molecule has 0 unspecified atom stereocenters. The first-order valence-electron chi connectivity index (χ1n) is 5.73. The Morgan fingerprint density at radius 3 is 2.89 bits per heavy atom. The van der Waals surface area contributed by atoms with Crippen LogP contribution in [0, 0.1) is 0 Å². The number of carbonyl (C=O) groups excluding carboxylic acids is 1. The van der Waals surface area contributed by atoms with Crippen LogP contribution in [0.5, 0.6) is 5.75 Å². The summed E-state index contributed by atoms with van der Waals surface area (Å²) in [5.41, 5.74) is 0.555. The molecule has 1 aromatic heterocycles. The molecule has 2 rings (SSSR count). The van der Waals surface area contributed by atoms with E-state index in [1.165, 1.54) is 6.26 Å². The molecule has 0 aliphatic rings. The van der Waals surface area contributed by atoms with Gasteiger partial charge in [-0.15, -0.1) is 0 Å². The average Bonchev–Trinajstić information content (AvgIpc) is 2.82. The number of furan rings is 1. The minimum Gasteiger partial charge on any atom is -0.494 e. The van der Waals surface area contributed by atoms with E-state index in [0.717, 1.165) is 6.42 Å². The highest BCUT2D eigenvalue weighted by Crippen LogP contribution is 2.23. The molecule has 94 valence electrons. The molecule has 0 atom stereocenters. The lowest BCUT2D eigenvalue weighted by molar-refractivity contribution is 0.101. The van der Waals surface area contributed by atoms with Crippen molar-refractivity contribution in [3.63, 3.8) is 0 Å². The van der Waals surface area contributed by atoms with Crippen LogP contribution in [0.3, 0.4) is 0 Å². The van der Waals surface area contributed by atoms with E-state index >= 15 is 0 Å². The second-order valence-electron chi connectivity index (χ2n) is 3.80. The van der Waals surface area contributed by atoms with Gasteiger partial charge in [-0.05, 0) is 40.5 Å². The average molecular weight is 309 g/mol. The molecule has 0 fully saturated rings. The van der Waals surface area contributed by atoms with Crippen LogP contribution in [0.15, 0.2) is 45.5 Å². The molecule has 0 spiro atoms. The quantitative estimate of drug-likeness (QED) is 0.782. The largest absolute Gasteiger partial charge is 0.494 e. The van der Waals surface area contributed by atoms with Gasteiger partial charge in [-0.1, -0.05) is 19.1 Å². The first-order chi connectivity index (χ1) is 8.72. The Kier molecular flexibility index (Phi) is 4.20. The number of carbonyl (C=O) groups is 1. The molecule has 1 aromatic carbocycles. The van der Waals surface area contributed by atoms with Gasteiger partial charge in [0.15, 0.2) is 5.76 Å². The molecule has 0 aliphatic carbocycles. The van der Waals surface area contributed by atoms with Crippen molar-refractivity contribution >= 4 is 21.7 Å². The van der Waals surface area contributed by atoms with Gasteiger partial charge in [-0.25, -0.2) is 0 Å². The van der Waals surface area contributed by atoms with E-state index in [1.807, 2.05) is 13.0 Å². The zero-order valence-corrected chi connectivity index (χ0v) is 11.6. The minimum atomic E-state index is -0.158. The van der Waals surface area contributed by atoms with Crippen LogP contribution in [-0.4, -0.2) is 12.4 Å². The van der Waals surface area contributed by atoms with Crippen LogP contribution in [0.25, 0.3) is 0 Å². The van der Waals surface area contributed by atoms with Crippen LogP contribution >= 0.6 is 15.9 Å². The summed E-state index contributed by atoms with van der Waals surface area (Å²) in [5, 5.41) is 0. The number of halogens is 1. The fourth-order valence-electron chi connectivity index (χ4n) is 1.53. The van der Waals surface area contributed by atoms with E-state index < -0.39 is 0 Å². The van der Waals surface area contributed by atoms with Crippen molar-refractivity contribution in [3.8, 4) is 5.75 Å². The Labute approximate surface area is 114 Å². The van der Waals surface area contributed by atoms with E-state index in [9.17, 15) is 4.79 Å². The van der Waals surface area contributed by atoms with Crippen molar-refractivity contribution in [2.45, 2.75) is 13.3 Å². The smallest absolute Gasteiger partial charge is 0.229 e. The van der Waals surface area contributed by atoms with E-state index in [2.05, 4.69) is 15.9 Å². The number of ether oxygens (including phenoxy) is 1. The van der Waals surface area contributed by atoms with E-state index in [1.54, 1.807) is 24.3 Å². The third-order valence-electron chi connectivity index (χ3n) is 2.39. The zero-order valence-electron chi connectivity index (χ0n) is 9.98. The first kappa shape index (κ1) is 12.9. The van der Waals surface area contributed by atoms with Crippen LogP contribution in [0.1, 0.15) is 29.5 Å². The number of rotatable bonds is 5. The molecule has 1 heterocycles.